The molecule has 0 amide bonds. The molecule has 5 rings (SSSR count). The number of ether oxygens (including phenoxy) is 6. The molecule has 0 saturated heterocycles. The molecule has 1 atom stereocenters. The first-order valence-corrected chi connectivity index (χ1v) is 18.9. The average Bonchev–Trinajstić information content (AvgIpc) is 3.43. The van der Waals surface area contributed by atoms with Crippen LogP contribution in [0.1, 0.15) is 60.8 Å². The van der Waals surface area contributed by atoms with E-state index >= 15 is 0 Å². The highest BCUT2D eigenvalue weighted by Crippen LogP contribution is 2.37. The predicted molar refractivity (Wildman–Crippen MR) is 204 cm³/mol. The third-order valence-corrected chi connectivity index (χ3v) is 10.0. The van der Waals surface area contributed by atoms with Crippen molar-refractivity contribution < 1.29 is 42.8 Å². The fourth-order valence-electron chi connectivity index (χ4n) is 5.44. The second kappa shape index (κ2) is 17.9. The van der Waals surface area contributed by atoms with E-state index in [9.17, 15) is 19.2 Å². The van der Waals surface area contributed by atoms with Crippen molar-refractivity contribution >= 4 is 67.2 Å². The molecule has 15 heteroatoms. The molecule has 0 spiro atoms. The zero-order valence-corrected chi connectivity index (χ0v) is 33.5. The highest BCUT2D eigenvalue weighted by atomic mass is 79.9. The Morgan fingerprint density at radius 1 is 0.868 bits per heavy atom. The number of rotatable bonds is 14. The Morgan fingerprint density at radius 3 is 2.19 bits per heavy atom. The van der Waals surface area contributed by atoms with Crippen molar-refractivity contribution in [3.8, 4) is 17.2 Å². The van der Waals surface area contributed by atoms with E-state index < -0.39 is 18.0 Å². The van der Waals surface area contributed by atoms with Gasteiger partial charge < -0.3 is 28.4 Å². The second-order valence-electron chi connectivity index (χ2n) is 11.3. The summed E-state index contributed by atoms with van der Waals surface area (Å²) in [7, 11) is 1.26. The van der Waals surface area contributed by atoms with Crippen molar-refractivity contribution in [1.82, 2.24) is 4.57 Å². The molecule has 0 aliphatic carbocycles. The molecular formula is C38H36Br2N2O10S. The van der Waals surface area contributed by atoms with Gasteiger partial charge in [0.15, 0.2) is 22.9 Å². The third-order valence-electron chi connectivity index (χ3n) is 7.84. The minimum absolute atomic E-state index is 0.127. The Kier molecular flexibility index (Phi) is 13.3. The van der Waals surface area contributed by atoms with Crippen LogP contribution in [0, 0.1) is 0 Å². The van der Waals surface area contributed by atoms with Gasteiger partial charge in [0.2, 0.25) is 0 Å². The molecule has 278 valence electrons. The number of methoxy groups -OCH3 is 1. The summed E-state index contributed by atoms with van der Waals surface area (Å²) in [5.74, 6) is -0.381. The standard InChI is InChI=1S/C38H36Br2N2O10S/c1-6-48-29-18-25(13-14-28(29)51-20-31(43)47-5)33-32(37(46)50-8-3)21(4)41-38-42(33)35(44)30(53-38)17-23-15-26(39)34(27(40)16-23)52-19-22-9-11-24(12-10-22)36(45)49-7-2/h9-18,33H,6-8,19-20H2,1-5H3/b30-17+/t33-/m0/s1. The van der Waals surface area contributed by atoms with Crippen LogP contribution in [0.5, 0.6) is 17.2 Å². The van der Waals surface area contributed by atoms with Crippen LogP contribution in [-0.2, 0) is 30.4 Å². The summed E-state index contributed by atoms with van der Waals surface area (Å²) in [5.41, 5.74) is 2.81. The molecule has 0 fully saturated rings. The Bertz CT molecular complexity index is 2220. The Labute approximate surface area is 325 Å². The van der Waals surface area contributed by atoms with E-state index in [0.29, 0.717) is 71.1 Å². The largest absolute Gasteiger partial charge is 0.490 e. The van der Waals surface area contributed by atoms with Crippen molar-refractivity contribution in [2.24, 2.45) is 4.99 Å². The minimum Gasteiger partial charge on any atom is -0.490 e. The van der Waals surface area contributed by atoms with Gasteiger partial charge in [0, 0.05) is 0 Å². The number of aromatic nitrogens is 1. The van der Waals surface area contributed by atoms with E-state index in [4.69, 9.17) is 23.7 Å². The molecule has 0 radical (unpaired) electrons. The SMILES string of the molecule is CCOC(=O)C1=C(C)N=c2s/c(=C/c3cc(Br)c(OCc4ccc(C(=O)OCC)cc4)c(Br)c3)c(=O)n2[C@H]1c1ccc(OCC(=O)OC)c(OCC)c1. The first kappa shape index (κ1) is 39.5. The van der Waals surface area contributed by atoms with Crippen LogP contribution in [0.4, 0.5) is 0 Å². The number of halogens is 2. The number of hydrogen-bond acceptors (Lipinski definition) is 12. The smallest absolute Gasteiger partial charge is 0.343 e. The lowest BCUT2D eigenvalue weighted by Gasteiger charge is -2.25. The molecular weight excluding hydrogens is 836 g/mol. The van der Waals surface area contributed by atoms with Gasteiger partial charge in [0.1, 0.15) is 12.4 Å². The number of fused-ring (bicyclic) bond motifs is 1. The lowest BCUT2D eigenvalue weighted by atomic mass is 9.95. The number of carbonyl (C=O) groups excluding carboxylic acids is 3. The van der Waals surface area contributed by atoms with E-state index in [1.54, 1.807) is 76.2 Å². The fourth-order valence-corrected chi connectivity index (χ4v) is 7.94. The molecule has 2 heterocycles. The first-order chi connectivity index (χ1) is 25.5. The van der Waals surface area contributed by atoms with Crippen LogP contribution < -0.4 is 29.1 Å². The molecule has 1 aliphatic heterocycles. The maximum atomic E-state index is 14.2. The van der Waals surface area contributed by atoms with Gasteiger partial charge in [-0.1, -0.05) is 29.5 Å². The highest BCUT2D eigenvalue weighted by molar-refractivity contribution is 9.11. The van der Waals surface area contributed by atoms with Crippen molar-refractivity contribution in [3.63, 3.8) is 0 Å². The van der Waals surface area contributed by atoms with Gasteiger partial charge in [0.05, 0.1) is 63.3 Å². The van der Waals surface area contributed by atoms with Crippen molar-refractivity contribution in [2.75, 3.05) is 33.5 Å². The normalized spacial score (nSPS) is 13.9. The lowest BCUT2D eigenvalue weighted by Crippen LogP contribution is -2.40. The summed E-state index contributed by atoms with van der Waals surface area (Å²) in [6.07, 6.45) is 1.74. The Hall–Kier alpha value is -4.73. The maximum absolute atomic E-state index is 14.2. The van der Waals surface area contributed by atoms with Gasteiger partial charge in [-0.3, -0.25) is 9.36 Å². The van der Waals surface area contributed by atoms with E-state index in [1.807, 2.05) is 12.1 Å². The van der Waals surface area contributed by atoms with Crippen LogP contribution in [0.15, 0.2) is 84.6 Å². The molecule has 3 aromatic carbocycles. The summed E-state index contributed by atoms with van der Waals surface area (Å²) in [4.78, 5) is 56.4. The zero-order chi connectivity index (χ0) is 38.2. The van der Waals surface area contributed by atoms with Gasteiger partial charge in [-0.05, 0) is 119 Å². The van der Waals surface area contributed by atoms with Gasteiger partial charge in [-0.15, -0.1) is 0 Å². The van der Waals surface area contributed by atoms with Crippen LogP contribution in [0.3, 0.4) is 0 Å². The number of esters is 3. The molecule has 12 nitrogen and oxygen atoms in total. The van der Waals surface area contributed by atoms with E-state index in [2.05, 4.69) is 41.6 Å². The fraction of sp³-hybridized carbons (Fsp3) is 0.289. The van der Waals surface area contributed by atoms with E-state index in [-0.39, 0.29) is 36.9 Å². The summed E-state index contributed by atoms with van der Waals surface area (Å²) in [6, 6.07) is 14.7. The summed E-state index contributed by atoms with van der Waals surface area (Å²) in [6.45, 7) is 7.60. The molecule has 0 N–H and O–H groups in total. The molecule has 0 unspecified atom stereocenters. The number of nitrogens with zero attached hydrogens (tertiary/aromatic N) is 2. The second-order valence-corrected chi connectivity index (χ2v) is 14.0. The first-order valence-electron chi connectivity index (χ1n) is 16.5. The Morgan fingerprint density at radius 2 is 1.55 bits per heavy atom. The summed E-state index contributed by atoms with van der Waals surface area (Å²) >= 11 is 8.39. The minimum atomic E-state index is -0.901. The molecule has 0 saturated carbocycles. The van der Waals surface area contributed by atoms with Gasteiger partial charge in [-0.2, -0.15) is 0 Å². The molecule has 4 aromatic rings. The van der Waals surface area contributed by atoms with Crippen LogP contribution >= 0.6 is 43.2 Å². The zero-order valence-electron chi connectivity index (χ0n) is 29.5. The van der Waals surface area contributed by atoms with Crippen molar-refractivity contribution in [2.45, 2.75) is 40.3 Å². The van der Waals surface area contributed by atoms with Crippen LogP contribution in [-0.4, -0.2) is 56.0 Å². The number of hydrogen-bond donors (Lipinski definition) is 0. The van der Waals surface area contributed by atoms with Crippen molar-refractivity contribution in [3.05, 3.63) is 117 Å². The van der Waals surface area contributed by atoms with E-state index in [1.165, 1.54) is 23.0 Å². The molecule has 1 aromatic heterocycles. The lowest BCUT2D eigenvalue weighted by molar-refractivity contribution is -0.143. The topological polar surface area (TPSA) is 141 Å². The number of carbonyl (C=O) groups is 3. The van der Waals surface area contributed by atoms with Gasteiger partial charge in [-0.25, -0.2) is 19.4 Å². The average molecular weight is 873 g/mol. The highest BCUT2D eigenvalue weighted by Gasteiger charge is 2.34. The Balaban J connectivity index is 1.50. The molecule has 53 heavy (non-hydrogen) atoms. The molecule has 1 aliphatic rings. The van der Waals surface area contributed by atoms with Gasteiger partial charge in [0.25, 0.3) is 5.56 Å². The number of allylic oxidation sites excluding steroid dienone is 1. The van der Waals surface area contributed by atoms with Crippen LogP contribution in [0.25, 0.3) is 6.08 Å². The van der Waals surface area contributed by atoms with Gasteiger partial charge >= 0.3 is 17.9 Å². The summed E-state index contributed by atoms with van der Waals surface area (Å²) in [5, 5.41) is 0. The third kappa shape index (κ3) is 9.08. The predicted octanol–water partition coefficient (Wildman–Crippen LogP) is 6.03. The van der Waals surface area contributed by atoms with E-state index in [0.717, 1.165) is 5.56 Å². The van der Waals surface area contributed by atoms with Crippen molar-refractivity contribution in [1.29, 1.82) is 0 Å². The quantitative estimate of drug-likeness (QED) is 0.109. The summed E-state index contributed by atoms with van der Waals surface area (Å²) < 4.78 is 35.9. The number of benzene rings is 3. The maximum Gasteiger partial charge on any atom is 0.343 e. The number of thiazole rings is 1. The van der Waals surface area contributed by atoms with Crippen LogP contribution in [0.2, 0.25) is 0 Å². The molecule has 0 bridgehead atoms. The monoisotopic (exact) mass is 870 g/mol.